The first-order valence-corrected chi connectivity index (χ1v) is 10.6. The predicted molar refractivity (Wildman–Crippen MR) is 106 cm³/mol. The van der Waals surface area contributed by atoms with Gasteiger partial charge in [-0.3, -0.25) is 4.68 Å². The van der Waals surface area contributed by atoms with Crippen molar-refractivity contribution in [1.29, 1.82) is 0 Å². The Morgan fingerprint density at radius 2 is 1.63 bits per heavy atom. The summed E-state index contributed by atoms with van der Waals surface area (Å²) >= 11 is 0. The van der Waals surface area contributed by atoms with Crippen LogP contribution in [0.1, 0.15) is 31.0 Å². The molecule has 27 heavy (non-hydrogen) atoms. The zero-order chi connectivity index (χ0) is 19.0. The SMILES string of the molecule is CC(C)n1cc(S(=O)(=O)N2CCc3ccccc3C2)c(-c2ccccc2)n1. The standard InChI is InChI=1S/C21H23N3O2S/c1-16(2)24-15-20(21(22-24)18-9-4-3-5-10-18)27(25,26)23-13-12-17-8-6-7-11-19(17)14-23/h3-11,15-16H,12-14H2,1-2H3. The summed E-state index contributed by atoms with van der Waals surface area (Å²) in [7, 11) is -3.65. The van der Waals surface area contributed by atoms with E-state index in [1.54, 1.807) is 15.2 Å². The second-order valence-corrected chi connectivity index (χ2v) is 9.05. The highest BCUT2D eigenvalue weighted by Gasteiger charge is 2.32. The summed E-state index contributed by atoms with van der Waals surface area (Å²) in [5, 5.41) is 4.60. The molecular formula is C21H23N3O2S. The Bertz CT molecular complexity index is 1060. The molecule has 0 N–H and O–H groups in total. The number of hydrogen-bond donors (Lipinski definition) is 0. The van der Waals surface area contributed by atoms with Crippen molar-refractivity contribution in [2.45, 2.75) is 37.8 Å². The third-order valence-corrected chi connectivity index (χ3v) is 6.83. The lowest BCUT2D eigenvalue weighted by atomic mass is 10.0. The molecule has 2 aromatic carbocycles. The molecule has 0 radical (unpaired) electrons. The van der Waals surface area contributed by atoms with Gasteiger partial charge in [0.15, 0.2) is 0 Å². The maximum absolute atomic E-state index is 13.5. The van der Waals surface area contributed by atoms with Gasteiger partial charge in [-0.15, -0.1) is 0 Å². The highest BCUT2D eigenvalue weighted by Crippen LogP contribution is 2.31. The van der Waals surface area contributed by atoms with Crippen LogP contribution in [0.4, 0.5) is 0 Å². The summed E-state index contributed by atoms with van der Waals surface area (Å²) in [6, 6.07) is 17.6. The highest BCUT2D eigenvalue weighted by molar-refractivity contribution is 7.89. The Labute approximate surface area is 160 Å². The van der Waals surface area contributed by atoms with Crippen molar-refractivity contribution in [3.63, 3.8) is 0 Å². The van der Waals surface area contributed by atoms with Gasteiger partial charge in [0.05, 0.1) is 0 Å². The lowest BCUT2D eigenvalue weighted by Gasteiger charge is -2.27. The average molecular weight is 382 g/mol. The van der Waals surface area contributed by atoms with Crippen LogP contribution in [0.2, 0.25) is 0 Å². The molecule has 0 saturated heterocycles. The third-order valence-electron chi connectivity index (χ3n) is 4.99. The van der Waals surface area contributed by atoms with Crippen LogP contribution in [0.25, 0.3) is 11.3 Å². The number of sulfonamides is 1. The zero-order valence-corrected chi connectivity index (χ0v) is 16.4. The molecule has 0 bridgehead atoms. The van der Waals surface area contributed by atoms with E-state index in [1.807, 2.05) is 62.4 Å². The molecule has 140 valence electrons. The van der Waals surface area contributed by atoms with E-state index in [0.29, 0.717) is 18.8 Å². The minimum atomic E-state index is -3.65. The minimum absolute atomic E-state index is 0.0819. The quantitative estimate of drug-likeness (QED) is 0.689. The van der Waals surface area contributed by atoms with Gasteiger partial charge in [-0.2, -0.15) is 9.40 Å². The molecule has 0 saturated carbocycles. The lowest BCUT2D eigenvalue weighted by Crippen LogP contribution is -2.36. The van der Waals surface area contributed by atoms with Crippen LogP contribution in [-0.4, -0.2) is 29.0 Å². The largest absolute Gasteiger partial charge is 0.268 e. The predicted octanol–water partition coefficient (Wildman–Crippen LogP) is 3.88. The monoisotopic (exact) mass is 381 g/mol. The second kappa shape index (κ2) is 6.94. The first kappa shape index (κ1) is 17.9. The minimum Gasteiger partial charge on any atom is -0.268 e. The van der Waals surface area contributed by atoms with Gasteiger partial charge in [-0.1, -0.05) is 54.6 Å². The molecule has 0 fully saturated rings. The zero-order valence-electron chi connectivity index (χ0n) is 15.5. The van der Waals surface area contributed by atoms with Crippen LogP contribution in [0.5, 0.6) is 0 Å². The summed E-state index contributed by atoms with van der Waals surface area (Å²) in [6.45, 7) is 4.88. The van der Waals surface area contributed by atoms with Gasteiger partial charge in [0.25, 0.3) is 0 Å². The maximum Gasteiger partial charge on any atom is 0.247 e. The number of benzene rings is 2. The molecule has 2 heterocycles. The van der Waals surface area contributed by atoms with E-state index in [0.717, 1.165) is 17.5 Å². The molecule has 3 aromatic rings. The summed E-state index contributed by atoms with van der Waals surface area (Å²) in [4.78, 5) is 0.279. The van der Waals surface area contributed by atoms with Crippen LogP contribution in [-0.2, 0) is 23.0 Å². The maximum atomic E-state index is 13.5. The van der Waals surface area contributed by atoms with E-state index in [9.17, 15) is 8.42 Å². The van der Waals surface area contributed by atoms with E-state index in [-0.39, 0.29) is 10.9 Å². The van der Waals surface area contributed by atoms with Crippen molar-refractivity contribution in [3.8, 4) is 11.3 Å². The van der Waals surface area contributed by atoms with Crippen molar-refractivity contribution < 1.29 is 8.42 Å². The first-order valence-electron chi connectivity index (χ1n) is 9.18. The van der Waals surface area contributed by atoms with Gasteiger partial charge < -0.3 is 0 Å². The Morgan fingerprint density at radius 3 is 2.33 bits per heavy atom. The Hall–Kier alpha value is -2.44. The fraction of sp³-hybridized carbons (Fsp3) is 0.286. The molecule has 1 aromatic heterocycles. The molecule has 6 heteroatoms. The Morgan fingerprint density at radius 1 is 0.963 bits per heavy atom. The fourth-order valence-corrected chi connectivity index (χ4v) is 5.00. The number of nitrogens with zero attached hydrogens (tertiary/aromatic N) is 3. The van der Waals surface area contributed by atoms with Gasteiger partial charge in [-0.25, -0.2) is 8.42 Å². The van der Waals surface area contributed by atoms with Gasteiger partial charge in [0.1, 0.15) is 10.6 Å². The molecule has 1 aliphatic rings. The number of hydrogen-bond acceptors (Lipinski definition) is 3. The lowest BCUT2D eigenvalue weighted by molar-refractivity contribution is 0.391. The molecule has 0 unspecified atom stereocenters. The van der Waals surface area contributed by atoms with Crippen molar-refractivity contribution in [2.75, 3.05) is 6.54 Å². The number of rotatable bonds is 4. The van der Waals surface area contributed by atoms with Crippen molar-refractivity contribution in [1.82, 2.24) is 14.1 Å². The fourth-order valence-electron chi connectivity index (χ4n) is 3.44. The smallest absolute Gasteiger partial charge is 0.247 e. The summed E-state index contributed by atoms with van der Waals surface area (Å²) in [6.07, 6.45) is 2.40. The van der Waals surface area contributed by atoms with Crippen LogP contribution < -0.4 is 0 Å². The van der Waals surface area contributed by atoms with Crippen LogP contribution in [0.15, 0.2) is 65.7 Å². The second-order valence-electron chi connectivity index (χ2n) is 7.14. The summed E-state index contributed by atoms with van der Waals surface area (Å²) in [5.41, 5.74) is 3.63. The highest BCUT2D eigenvalue weighted by atomic mass is 32.2. The Balaban J connectivity index is 1.78. The van der Waals surface area contributed by atoms with Crippen LogP contribution >= 0.6 is 0 Å². The van der Waals surface area contributed by atoms with Gasteiger partial charge >= 0.3 is 0 Å². The normalized spacial score (nSPS) is 15.1. The molecule has 1 aliphatic heterocycles. The van der Waals surface area contributed by atoms with E-state index in [2.05, 4.69) is 11.2 Å². The molecule has 4 rings (SSSR count). The molecular weight excluding hydrogens is 358 g/mol. The molecule has 0 aliphatic carbocycles. The van der Waals surface area contributed by atoms with E-state index in [1.165, 1.54) is 5.56 Å². The van der Waals surface area contributed by atoms with Gasteiger partial charge in [0, 0.05) is 30.9 Å². The molecule has 0 amide bonds. The van der Waals surface area contributed by atoms with Crippen LogP contribution in [0.3, 0.4) is 0 Å². The van der Waals surface area contributed by atoms with Gasteiger partial charge in [-0.05, 0) is 31.4 Å². The average Bonchev–Trinajstić information content (AvgIpc) is 3.15. The topological polar surface area (TPSA) is 55.2 Å². The van der Waals surface area contributed by atoms with Gasteiger partial charge in [0.2, 0.25) is 10.0 Å². The Kier molecular flexibility index (Phi) is 4.61. The van der Waals surface area contributed by atoms with E-state index < -0.39 is 10.0 Å². The van der Waals surface area contributed by atoms with Crippen molar-refractivity contribution in [3.05, 3.63) is 71.9 Å². The molecule has 5 nitrogen and oxygen atoms in total. The van der Waals surface area contributed by atoms with Crippen LogP contribution in [0, 0.1) is 0 Å². The summed E-state index contributed by atoms with van der Waals surface area (Å²) < 4.78 is 30.3. The van der Waals surface area contributed by atoms with Crippen molar-refractivity contribution >= 4 is 10.0 Å². The first-order chi connectivity index (χ1) is 13.0. The number of fused-ring (bicyclic) bond motifs is 1. The van der Waals surface area contributed by atoms with Crippen molar-refractivity contribution in [2.24, 2.45) is 0 Å². The third kappa shape index (κ3) is 3.31. The molecule has 0 atom stereocenters. The van der Waals surface area contributed by atoms with E-state index in [4.69, 9.17) is 0 Å². The molecule has 0 spiro atoms. The summed E-state index contributed by atoms with van der Waals surface area (Å²) in [5.74, 6) is 0. The van der Waals surface area contributed by atoms with E-state index >= 15 is 0 Å². The number of aromatic nitrogens is 2.